The van der Waals surface area contributed by atoms with Gasteiger partial charge >= 0.3 is 5.97 Å². The van der Waals surface area contributed by atoms with Gasteiger partial charge in [0.2, 0.25) is 0 Å². The van der Waals surface area contributed by atoms with E-state index in [2.05, 4.69) is 19.9 Å². The van der Waals surface area contributed by atoms with Crippen LogP contribution in [0, 0.1) is 17.3 Å². The van der Waals surface area contributed by atoms with Gasteiger partial charge in [0.05, 0.1) is 6.61 Å². The first-order valence-corrected chi connectivity index (χ1v) is 5.84. The maximum Gasteiger partial charge on any atom is 0.302 e. The van der Waals surface area contributed by atoms with Gasteiger partial charge in [0.25, 0.3) is 0 Å². The molecule has 0 aliphatic heterocycles. The van der Waals surface area contributed by atoms with Crippen LogP contribution in [0.15, 0.2) is 11.6 Å². The van der Waals surface area contributed by atoms with E-state index >= 15 is 0 Å². The molecule has 2 atom stereocenters. The third kappa shape index (κ3) is 1.82. The molecular weight excluding hydrogens is 188 g/mol. The Hall–Kier alpha value is -0.790. The zero-order valence-corrected chi connectivity index (χ0v) is 9.88. The quantitative estimate of drug-likeness (QED) is 0.526. The van der Waals surface area contributed by atoms with E-state index in [1.807, 2.05) is 0 Å². The van der Waals surface area contributed by atoms with Crippen molar-refractivity contribution in [1.82, 2.24) is 0 Å². The predicted octanol–water partition coefficient (Wildman–Crippen LogP) is 2.93. The van der Waals surface area contributed by atoms with E-state index in [-0.39, 0.29) is 5.97 Å². The Bertz CT molecular complexity index is 302. The van der Waals surface area contributed by atoms with E-state index < -0.39 is 0 Å². The zero-order valence-electron chi connectivity index (χ0n) is 9.88. The average molecular weight is 208 g/mol. The van der Waals surface area contributed by atoms with E-state index in [0.29, 0.717) is 12.0 Å². The van der Waals surface area contributed by atoms with Gasteiger partial charge in [-0.3, -0.25) is 4.79 Å². The fourth-order valence-electron chi connectivity index (χ4n) is 3.07. The lowest BCUT2D eigenvalue weighted by molar-refractivity contribution is -0.141. The molecule has 2 nitrogen and oxygen atoms in total. The summed E-state index contributed by atoms with van der Waals surface area (Å²) in [7, 11) is 0. The number of carbonyl (C=O) groups is 1. The molecule has 3 aliphatic carbocycles. The van der Waals surface area contributed by atoms with Crippen molar-refractivity contribution in [3.8, 4) is 0 Å². The zero-order chi connectivity index (χ0) is 11.1. The van der Waals surface area contributed by atoms with Crippen LogP contribution < -0.4 is 0 Å². The molecule has 0 aromatic heterocycles. The van der Waals surface area contributed by atoms with E-state index in [1.54, 1.807) is 0 Å². The average Bonchev–Trinajstić information content (AvgIpc) is 2.17. The Kier molecular flexibility index (Phi) is 2.61. The monoisotopic (exact) mass is 208 g/mol. The van der Waals surface area contributed by atoms with Crippen molar-refractivity contribution in [3.05, 3.63) is 11.6 Å². The first-order chi connectivity index (χ1) is 7.01. The Morgan fingerprint density at radius 1 is 1.60 bits per heavy atom. The van der Waals surface area contributed by atoms with Gasteiger partial charge in [0.15, 0.2) is 0 Å². The van der Waals surface area contributed by atoms with Crippen molar-refractivity contribution in [1.29, 1.82) is 0 Å². The Morgan fingerprint density at radius 2 is 2.33 bits per heavy atom. The maximum atomic E-state index is 10.7. The van der Waals surface area contributed by atoms with Crippen molar-refractivity contribution in [2.24, 2.45) is 17.3 Å². The molecule has 2 heteroatoms. The number of hydrogen-bond donors (Lipinski definition) is 0. The summed E-state index contributed by atoms with van der Waals surface area (Å²) in [4.78, 5) is 10.7. The summed E-state index contributed by atoms with van der Waals surface area (Å²) < 4.78 is 5.00. The summed E-state index contributed by atoms with van der Waals surface area (Å²) in [5, 5.41) is 0. The summed E-state index contributed by atoms with van der Waals surface area (Å²) in [6, 6.07) is 0. The number of ether oxygens (including phenoxy) is 1. The fraction of sp³-hybridized carbons (Fsp3) is 0.769. The first kappa shape index (κ1) is 10.7. The van der Waals surface area contributed by atoms with Gasteiger partial charge in [-0.1, -0.05) is 25.5 Å². The molecule has 0 N–H and O–H groups in total. The van der Waals surface area contributed by atoms with Gasteiger partial charge in [-0.05, 0) is 30.1 Å². The van der Waals surface area contributed by atoms with Crippen LogP contribution >= 0.6 is 0 Å². The van der Waals surface area contributed by atoms with Crippen LogP contribution in [0.1, 0.15) is 40.0 Å². The number of rotatable bonds is 3. The minimum absolute atomic E-state index is 0.169. The number of fused-ring (bicyclic) bond motifs is 1. The molecule has 0 unspecified atom stereocenters. The smallest absolute Gasteiger partial charge is 0.302 e. The number of hydrogen-bond acceptors (Lipinski definition) is 2. The minimum atomic E-state index is -0.169. The SMILES string of the molecule is CC(=O)OCCC1=CC[C@H]2C[C@H]1C2(C)C. The van der Waals surface area contributed by atoms with E-state index in [4.69, 9.17) is 4.74 Å². The topological polar surface area (TPSA) is 26.3 Å². The first-order valence-electron chi connectivity index (χ1n) is 5.84. The molecule has 1 fully saturated rings. The maximum absolute atomic E-state index is 10.7. The molecule has 1 saturated carbocycles. The Labute approximate surface area is 91.7 Å². The van der Waals surface area contributed by atoms with E-state index in [1.165, 1.54) is 25.3 Å². The highest BCUT2D eigenvalue weighted by molar-refractivity contribution is 5.65. The third-order valence-corrected chi connectivity index (χ3v) is 4.28. The van der Waals surface area contributed by atoms with E-state index in [0.717, 1.165) is 18.3 Å². The van der Waals surface area contributed by atoms with Gasteiger partial charge in [0.1, 0.15) is 0 Å². The van der Waals surface area contributed by atoms with Crippen molar-refractivity contribution in [3.63, 3.8) is 0 Å². The van der Waals surface area contributed by atoms with E-state index in [9.17, 15) is 4.79 Å². The lowest BCUT2D eigenvalue weighted by atomic mass is 9.48. The van der Waals surface area contributed by atoms with Crippen molar-refractivity contribution in [2.75, 3.05) is 6.61 Å². The molecule has 2 bridgehead atoms. The molecule has 0 amide bonds. The molecule has 0 radical (unpaired) electrons. The molecule has 15 heavy (non-hydrogen) atoms. The lowest BCUT2D eigenvalue weighted by Crippen LogP contribution is -2.48. The molecule has 3 rings (SSSR count). The van der Waals surface area contributed by atoms with Gasteiger partial charge < -0.3 is 4.74 Å². The molecule has 0 heterocycles. The highest BCUT2D eigenvalue weighted by atomic mass is 16.5. The molecule has 0 saturated heterocycles. The van der Waals surface area contributed by atoms with Crippen molar-refractivity contribution < 1.29 is 9.53 Å². The molecular formula is C13H20O2. The highest BCUT2D eigenvalue weighted by Gasteiger charge is 2.50. The van der Waals surface area contributed by atoms with Crippen molar-refractivity contribution in [2.45, 2.75) is 40.0 Å². The fourth-order valence-corrected chi connectivity index (χ4v) is 3.07. The molecule has 0 aromatic rings. The largest absolute Gasteiger partial charge is 0.466 e. The van der Waals surface area contributed by atoms with Crippen LogP contribution in [0.2, 0.25) is 0 Å². The summed E-state index contributed by atoms with van der Waals surface area (Å²) >= 11 is 0. The second-order valence-electron chi connectivity index (χ2n) is 5.41. The highest BCUT2D eigenvalue weighted by Crippen LogP contribution is 2.59. The predicted molar refractivity (Wildman–Crippen MR) is 59.3 cm³/mol. The second kappa shape index (κ2) is 3.66. The van der Waals surface area contributed by atoms with Crippen LogP contribution in [0.25, 0.3) is 0 Å². The third-order valence-electron chi connectivity index (χ3n) is 4.28. The van der Waals surface area contributed by atoms with Gasteiger partial charge in [-0.25, -0.2) is 0 Å². The summed E-state index contributed by atoms with van der Waals surface area (Å²) in [5.74, 6) is 1.46. The van der Waals surface area contributed by atoms with Gasteiger partial charge in [0, 0.05) is 13.3 Å². The van der Waals surface area contributed by atoms with Crippen molar-refractivity contribution >= 4 is 5.97 Å². The normalized spacial score (nSPS) is 31.5. The van der Waals surface area contributed by atoms with Crippen LogP contribution in [0.5, 0.6) is 0 Å². The standard InChI is InChI=1S/C13H20O2/c1-9(14)15-7-6-10-4-5-11-8-12(10)13(11,2)3/h4,11-12H,5-8H2,1-3H3/t11-,12+/m0/s1. The summed E-state index contributed by atoms with van der Waals surface area (Å²) in [5.41, 5.74) is 2.00. The summed E-state index contributed by atoms with van der Waals surface area (Å²) in [6.07, 6.45) is 5.87. The number of esters is 1. The summed E-state index contributed by atoms with van der Waals surface area (Å²) in [6.45, 7) is 6.76. The molecule has 0 aromatic carbocycles. The van der Waals surface area contributed by atoms with Crippen LogP contribution in [-0.4, -0.2) is 12.6 Å². The van der Waals surface area contributed by atoms with Crippen LogP contribution in [-0.2, 0) is 9.53 Å². The lowest BCUT2D eigenvalue weighted by Gasteiger charge is -2.56. The van der Waals surface area contributed by atoms with Gasteiger partial charge in [-0.15, -0.1) is 0 Å². The molecule has 3 aliphatic rings. The number of allylic oxidation sites excluding steroid dienone is 1. The van der Waals surface area contributed by atoms with Crippen LogP contribution in [0.4, 0.5) is 0 Å². The molecule has 84 valence electrons. The van der Waals surface area contributed by atoms with Gasteiger partial charge in [-0.2, -0.15) is 0 Å². The Balaban J connectivity index is 1.88. The number of carbonyl (C=O) groups excluding carboxylic acids is 1. The Morgan fingerprint density at radius 3 is 2.87 bits per heavy atom. The molecule has 0 spiro atoms. The minimum Gasteiger partial charge on any atom is -0.466 e. The van der Waals surface area contributed by atoms with Crippen LogP contribution in [0.3, 0.4) is 0 Å². The second-order valence-corrected chi connectivity index (χ2v) is 5.41.